The predicted molar refractivity (Wildman–Crippen MR) is 53.2 cm³/mol. The predicted octanol–water partition coefficient (Wildman–Crippen LogP) is 2.87. The highest BCUT2D eigenvalue weighted by Crippen LogP contribution is 2.22. The molecule has 0 bridgehead atoms. The number of hydrogen-bond donors (Lipinski definition) is 0. The van der Waals surface area contributed by atoms with Gasteiger partial charge in [0.15, 0.2) is 0 Å². The molecule has 0 unspecified atom stereocenters. The maximum atomic E-state index is 9.78. The molecule has 0 atom stereocenters. The molecular weight excluding hydrogens is 209 g/mol. The molecule has 0 saturated carbocycles. The van der Waals surface area contributed by atoms with Crippen molar-refractivity contribution in [1.82, 2.24) is 0 Å². The Morgan fingerprint density at radius 3 is 2.69 bits per heavy atom. The lowest BCUT2D eigenvalue weighted by Crippen LogP contribution is -1.88. The summed E-state index contributed by atoms with van der Waals surface area (Å²) in [5.74, 6) is 0. The first kappa shape index (κ1) is 10.3. The number of isocyanates is 1. The summed E-state index contributed by atoms with van der Waals surface area (Å²) in [6, 6.07) is 5.35. The molecule has 0 spiro atoms. The Bertz CT molecular complexity index is 345. The van der Waals surface area contributed by atoms with Crippen molar-refractivity contribution < 1.29 is 4.79 Å². The van der Waals surface area contributed by atoms with Gasteiger partial charge in [0, 0.05) is 0 Å². The summed E-state index contributed by atoms with van der Waals surface area (Å²) in [6.45, 7) is 0.432. The molecule has 2 nitrogen and oxygen atoms in total. The van der Waals surface area contributed by atoms with Crippen molar-refractivity contribution in [1.29, 1.82) is 0 Å². The first-order chi connectivity index (χ1) is 6.24. The minimum Gasteiger partial charge on any atom is -0.211 e. The fraction of sp³-hybridized carbons (Fsp3) is 0.222. The molecule has 0 heterocycles. The smallest absolute Gasteiger partial charge is 0.211 e. The molecule has 0 aliphatic carbocycles. The van der Waals surface area contributed by atoms with E-state index in [1.807, 2.05) is 6.07 Å². The molecule has 1 aromatic carbocycles. The second-order valence-corrected chi connectivity index (χ2v) is 3.29. The summed E-state index contributed by atoms with van der Waals surface area (Å²) in [7, 11) is 0. The molecule has 0 saturated heterocycles. The van der Waals surface area contributed by atoms with Crippen molar-refractivity contribution in [2.75, 3.05) is 6.54 Å². The van der Waals surface area contributed by atoms with Gasteiger partial charge in [0.25, 0.3) is 0 Å². The van der Waals surface area contributed by atoms with Gasteiger partial charge in [-0.05, 0) is 24.1 Å². The van der Waals surface area contributed by atoms with Crippen LogP contribution in [0.3, 0.4) is 0 Å². The molecule has 68 valence electrons. The Kier molecular flexibility index (Phi) is 3.97. The molecule has 0 aliphatic rings. The van der Waals surface area contributed by atoms with Gasteiger partial charge in [-0.1, -0.05) is 29.3 Å². The van der Waals surface area contributed by atoms with Crippen LogP contribution in [0.4, 0.5) is 0 Å². The Balaban J connectivity index is 2.68. The van der Waals surface area contributed by atoms with Gasteiger partial charge < -0.3 is 0 Å². The summed E-state index contributed by atoms with van der Waals surface area (Å²) in [5.41, 5.74) is 1.01. The van der Waals surface area contributed by atoms with E-state index in [9.17, 15) is 4.79 Å². The normalized spacial score (nSPS) is 9.38. The van der Waals surface area contributed by atoms with Crippen LogP contribution in [0, 0.1) is 0 Å². The van der Waals surface area contributed by atoms with Gasteiger partial charge >= 0.3 is 0 Å². The van der Waals surface area contributed by atoms with Gasteiger partial charge in [0.05, 0.1) is 16.6 Å². The minimum absolute atomic E-state index is 0.432. The quantitative estimate of drug-likeness (QED) is 0.564. The van der Waals surface area contributed by atoms with Crippen LogP contribution < -0.4 is 0 Å². The number of aliphatic imine (C=N–C) groups is 1. The summed E-state index contributed by atoms with van der Waals surface area (Å²) in [6.07, 6.45) is 2.15. The van der Waals surface area contributed by atoms with E-state index in [2.05, 4.69) is 4.99 Å². The van der Waals surface area contributed by atoms with Crippen LogP contribution in [0.15, 0.2) is 23.2 Å². The van der Waals surface area contributed by atoms with E-state index in [-0.39, 0.29) is 0 Å². The summed E-state index contributed by atoms with van der Waals surface area (Å²) >= 11 is 11.5. The molecule has 13 heavy (non-hydrogen) atoms. The molecule has 0 amide bonds. The molecule has 4 heteroatoms. The maximum absolute atomic E-state index is 9.78. The maximum Gasteiger partial charge on any atom is 0.234 e. The Labute approximate surface area is 86.2 Å². The zero-order valence-electron chi connectivity index (χ0n) is 6.76. The van der Waals surface area contributed by atoms with Crippen molar-refractivity contribution in [3.05, 3.63) is 33.8 Å². The Morgan fingerprint density at radius 2 is 2.08 bits per heavy atom. The van der Waals surface area contributed by atoms with Gasteiger partial charge in [0.1, 0.15) is 0 Å². The highest BCUT2D eigenvalue weighted by atomic mass is 35.5. The first-order valence-electron chi connectivity index (χ1n) is 3.71. The van der Waals surface area contributed by atoms with Crippen LogP contribution in [-0.2, 0) is 11.2 Å². The number of hydrogen-bond acceptors (Lipinski definition) is 2. The average Bonchev–Trinajstić information content (AvgIpc) is 2.12. The minimum atomic E-state index is 0.432. The van der Waals surface area contributed by atoms with Crippen LogP contribution in [0.25, 0.3) is 0 Å². The van der Waals surface area contributed by atoms with Gasteiger partial charge in [-0.2, -0.15) is 0 Å². The van der Waals surface area contributed by atoms with Crippen LogP contribution in [0.2, 0.25) is 10.0 Å². The molecule has 0 N–H and O–H groups in total. The third kappa shape index (κ3) is 3.19. The van der Waals surface area contributed by atoms with E-state index in [0.717, 1.165) is 5.56 Å². The molecule has 1 rings (SSSR count). The van der Waals surface area contributed by atoms with Gasteiger partial charge in [-0.25, -0.2) is 9.79 Å². The lowest BCUT2D eigenvalue weighted by atomic mass is 10.1. The monoisotopic (exact) mass is 215 g/mol. The van der Waals surface area contributed by atoms with Crippen molar-refractivity contribution >= 4 is 29.3 Å². The number of benzene rings is 1. The van der Waals surface area contributed by atoms with E-state index >= 15 is 0 Å². The number of nitrogens with zero attached hydrogens (tertiary/aromatic N) is 1. The topological polar surface area (TPSA) is 29.4 Å². The summed E-state index contributed by atoms with van der Waals surface area (Å²) in [4.78, 5) is 13.2. The molecule has 0 aromatic heterocycles. The number of halogens is 2. The summed E-state index contributed by atoms with van der Waals surface area (Å²) in [5, 5.41) is 1.05. The van der Waals surface area contributed by atoms with Gasteiger partial charge in [-0.15, -0.1) is 0 Å². The Hall–Kier alpha value is -0.820. The van der Waals surface area contributed by atoms with Crippen molar-refractivity contribution in [2.45, 2.75) is 6.42 Å². The number of rotatable bonds is 3. The summed E-state index contributed by atoms with van der Waals surface area (Å²) < 4.78 is 0. The van der Waals surface area contributed by atoms with Gasteiger partial charge in [0.2, 0.25) is 6.08 Å². The van der Waals surface area contributed by atoms with Crippen molar-refractivity contribution in [2.24, 2.45) is 4.99 Å². The third-order valence-corrected chi connectivity index (χ3v) is 2.30. The van der Waals surface area contributed by atoms with E-state index in [4.69, 9.17) is 23.2 Å². The van der Waals surface area contributed by atoms with Crippen molar-refractivity contribution in [3.8, 4) is 0 Å². The third-order valence-electron chi connectivity index (χ3n) is 1.56. The fourth-order valence-electron chi connectivity index (χ4n) is 0.926. The lowest BCUT2D eigenvalue weighted by molar-refractivity contribution is 0.563. The van der Waals surface area contributed by atoms with E-state index in [0.29, 0.717) is 23.0 Å². The van der Waals surface area contributed by atoms with E-state index in [1.54, 1.807) is 12.1 Å². The zero-order valence-corrected chi connectivity index (χ0v) is 8.27. The largest absolute Gasteiger partial charge is 0.234 e. The standard InChI is InChI=1S/C9H7Cl2NO/c10-8-2-1-7(5-9(8)11)3-4-12-6-13/h1-2,5H,3-4H2. The van der Waals surface area contributed by atoms with Crippen molar-refractivity contribution in [3.63, 3.8) is 0 Å². The van der Waals surface area contributed by atoms with E-state index < -0.39 is 0 Å². The lowest BCUT2D eigenvalue weighted by Gasteiger charge is -1.99. The SMILES string of the molecule is O=C=NCCc1ccc(Cl)c(Cl)c1. The van der Waals surface area contributed by atoms with Crippen LogP contribution in [-0.4, -0.2) is 12.6 Å². The molecule has 0 radical (unpaired) electrons. The molecule has 0 fully saturated rings. The van der Waals surface area contributed by atoms with Crippen LogP contribution in [0.1, 0.15) is 5.56 Å². The highest BCUT2D eigenvalue weighted by Gasteiger charge is 1.98. The van der Waals surface area contributed by atoms with Crippen LogP contribution in [0.5, 0.6) is 0 Å². The number of carbonyl (C=O) groups excluding carboxylic acids is 1. The second kappa shape index (κ2) is 5.03. The van der Waals surface area contributed by atoms with Gasteiger partial charge in [-0.3, -0.25) is 0 Å². The first-order valence-corrected chi connectivity index (χ1v) is 4.47. The van der Waals surface area contributed by atoms with E-state index in [1.165, 1.54) is 6.08 Å². The molecule has 0 aliphatic heterocycles. The second-order valence-electron chi connectivity index (χ2n) is 2.47. The fourth-order valence-corrected chi connectivity index (χ4v) is 1.25. The molecule has 1 aromatic rings. The van der Waals surface area contributed by atoms with Crippen LogP contribution >= 0.6 is 23.2 Å². The molecular formula is C9H7Cl2NO. The Morgan fingerprint density at radius 1 is 1.31 bits per heavy atom. The average molecular weight is 216 g/mol. The zero-order chi connectivity index (χ0) is 9.68. The highest BCUT2D eigenvalue weighted by molar-refractivity contribution is 6.42.